The molecule has 0 saturated heterocycles. The molecule has 3 aromatic heterocycles. The molecular formula is C22H21N5O3S. The Balaban J connectivity index is 1.84. The van der Waals surface area contributed by atoms with Crippen LogP contribution in [0.1, 0.15) is 6.92 Å². The predicted molar refractivity (Wildman–Crippen MR) is 122 cm³/mol. The fourth-order valence-electron chi connectivity index (χ4n) is 3.25. The van der Waals surface area contributed by atoms with E-state index in [1.54, 1.807) is 18.5 Å². The van der Waals surface area contributed by atoms with Crippen LogP contribution in [0.3, 0.4) is 0 Å². The number of carbonyl (C=O) groups is 1. The van der Waals surface area contributed by atoms with E-state index >= 15 is 0 Å². The number of carbonyl (C=O) groups excluding carboxylic acids is 1. The number of hydrogen-bond acceptors (Lipinski definition) is 6. The maximum absolute atomic E-state index is 12.4. The second-order valence-corrected chi connectivity index (χ2v) is 7.76. The third-order valence-corrected chi connectivity index (χ3v) is 5.68. The van der Waals surface area contributed by atoms with E-state index in [1.165, 1.54) is 15.9 Å². The molecule has 31 heavy (non-hydrogen) atoms. The Hall–Kier alpha value is -3.56. The van der Waals surface area contributed by atoms with Gasteiger partial charge in [0.25, 0.3) is 5.56 Å². The molecule has 3 heterocycles. The average molecular weight is 436 g/mol. The first-order valence-corrected chi connectivity index (χ1v) is 10.6. The standard InChI is InChI=1S/C22H21N5O3S/c1-2-23-21(30)26-22-25-18-12-15(14-6-8-27(9-10-28)19(29)13-14)11-16(20(18)31-22)17-5-3-4-7-24-17/h3-8,11-13,28H,2,9-10H2,1H3,(H2,23,25,26,30). The van der Waals surface area contributed by atoms with Crippen molar-refractivity contribution in [3.05, 3.63) is 65.2 Å². The topological polar surface area (TPSA) is 109 Å². The van der Waals surface area contributed by atoms with Gasteiger partial charge in [-0.3, -0.25) is 15.1 Å². The summed E-state index contributed by atoms with van der Waals surface area (Å²) in [6, 6.07) is 12.6. The van der Waals surface area contributed by atoms with Crippen molar-refractivity contribution < 1.29 is 9.90 Å². The minimum atomic E-state index is -0.311. The van der Waals surface area contributed by atoms with Crippen LogP contribution in [0.15, 0.2) is 59.7 Å². The number of pyridine rings is 2. The summed E-state index contributed by atoms with van der Waals surface area (Å²) in [6.07, 6.45) is 3.39. The maximum atomic E-state index is 12.4. The van der Waals surface area contributed by atoms with Gasteiger partial charge in [0.1, 0.15) is 0 Å². The number of amides is 2. The number of anilines is 1. The number of nitrogens with zero attached hydrogens (tertiary/aromatic N) is 3. The van der Waals surface area contributed by atoms with Crippen molar-refractivity contribution in [3.8, 4) is 22.4 Å². The highest BCUT2D eigenvalue weighted by Gasteiger charge is 2.15. The Labute approximate surface area is 182 Å². The molecule has 8 nitrogen and oxygen atoms in total. The lowest BCUT2D eigenvalue weighted by molar-refractivity contribution is 0.252. The van der Waals surface area contributed by atoms with Crippen LogP contribution in [0.2, 0.25) is 0 Å². The minimum Gasteiger partial charge on any atom is -0.395 e. The molecule has 0 aliphatic heterocycles. The average Bonchev–Trinajstić information content (AvgIpc) is 3.17. The Morgan fingerprint density at radius 3 is 2.77 bits per heavy atom. The third-order valence-electron chi connectivity index (χ3n) is 4.66. The van der Waals surface area contributed by atoms with Gasteiger partial charge in [-0.15, -0.1) is 0 Å². The quantitative estimate of drug-likeness (QED) is 0.430. The molecule has 0 unspecified atom stereocenters. The lowest BCUT2D eigenvalue weighted by atomic mass is 10.0. The Morgan fingerprint density at radius 1 is 1.19 bits per heavy atom. The van der Waals surface area contributed by atoms with Gasteiger partial charge in [0, 0.05) is 37.1 Å². The first kappa shape index (κ1) is 20.7. The summed E-state index contributed by atoms with van der Waals surface area (Å²) in [6.45, 7) is 2.51. The monoisotopic (exact) mass is 435 g/mol. The second kappa shape index (κ2) is 9.07. The number of urea groups is 1. The fraction of sp³-hybridized carbons (Fsp3) is 0.182. The molecule has 0 spiro atoms. The molecule has 0 atom stereocenters. The van der Waals surface area contributed by atoms with Crippen LogP contribution in [0, 0.1) is 0 Å². The van der Waals surface area contributed by atoms with E-state index < -0.39 is 0 Å². The number of hydrogen-bond donors (Lipinski definition) is 3. The Morgan fingerprint density at radius 2 is 2.06 bits per heavy atom. The molecule has 2 amide bonds. The van der Waals surface area contributed by atoms with Crippen molar-refractivity contribution in [2.24, 2.45) is 0 Å². The zero-order valence-corrected chi connectivity index (χ0v) is 17.6. The van der Waals surface area contributed by atoms with E-state index in [4.69, 9.17) is 5.11 Å². The van der Waals surface area contributed by atoms with Crippen LogP contribution < -0.4 is 16.2 Å². The third kappa shape index (κ3) is 4.47. The van der Waals surface area contributed by atoms with E-state index in [0.29, 0.717) is 17.2 Å². The van der Waals surface area contributed by atoms with Crippen molar-refractivity contribution in [2.75, 3.05) is 18.5 Å². The summed E-state index contributed by atoms with van der Waals surface area (Å²) in [4.78, 5) is 33.4. The van der Waals surface area contributed by atoms with Gasteiger partial charge in [-0.1, -0.05) is 17.4 Å². The van der Waals surface area contributed by atoms with E-state index in [9.17, 15) is 9.59 Å². The molecule has 4 aromatic rings. The van der Waals surface area contributed by atoms with Crippen LogP contribution in [-0.4, -0.2) is 38.8 Å². The van der Waals surface area contributed by atoms with Crippen LogP contribution in [-0.2, 0) is 6.54 Å². The van der Waals surface area contributed by atoms with E-state index in [-0.39, 0.29) is 24.7 Å². The van der Waals surface area contributed by atoms with E-state index in [2.05, 4.69) is 20.6 Å². The van der Waals surface area contributed by atoms with Crippen molar-refractivity contribution in [2.45, 2.75) is 13.5 Å². The first-order chi connectivity index (χ1) is 15.1. The molecular weight excluding hydrogens is 414 g/mol. The number of fused-ring (bicyclic) bond motifs is 1. The van der Waals surface area contributed by atoms with Crippen molar-refractivity contribution in [3.63, 3.8) is 0 Å². The number of thiazole rings is 1. The summed E-state index contributed by atoms with van der Waals surface area (Å²) in [5.74, 6) is 0. The van der Waals surface area contributed by atoms with E-state index in [0.717, 1.165) is 27.1 Å². The summed E-state index contributed by atoms with van der Waals surface area (Å²) in [5, 5.41) is 15.0. The summed E-state index contributed by atoms with van der Waals surface area (Å²) >= 11 is 1.37. The molecule has 0 aliphatic carbocycles. The summed E-state index contributed by atoms with van der Waals surface area (Å²) < 4.78 is 2.35. The molecule has 4 rings (SSSR count). The molecule has 0 aliphatic rings. The largest absolute Gasteiger partial charge is 0.395 e. The van der Waals surface area contributed by atoms with Gasteiger partial charge in [0.05, 0.1) is 22.5 Å². The molecule has 1 aromatic carbocycles. The van der Waals surface area contributed by atoms with Crippen LogP contribution in [0.5, 0.6) is 0 Å². The molecule has 0 radical (unpaired) electrons. The number of nitrogens with one attached hydrogen (secondary N) is 2. The SMILES string of the molecule is CCNC(=O)Nc1nc2cc(-c3ccn(CCO)c(=O)c3)cc(-c3ccccn3)c2s1. The maximum Gasteiger partial charge on any atom is 0.321 e. The lowest BCUT2D eigenvalue weighted by Gasteiger charge is -2.09. The second-order valence-electron chi connectivity index (χ2n) is 6.76. The Kier molecular flexibility index (Phi) is 6.06. The fourth-order valence-corrected chi connectivity index (χ4v) is 4.21. The smallest absolute Gasteiger partial charge is 0.321 e. The lowest BCUT2D eigenvalue weighted by Crippen LogP contribution is -2.28. The minimum absolute atomic E-state index is 0.102. The van der Waals surface area contributed by atoms with Gasteiger partial charge in [-0.25, -0.2) is 9.78 Å². The van der Waals surface area contributed by atoms with Crippen molar-refractivity contribution >= 4 is 32.7 Å². The number of aliphatic hydroxyl groups is 1. The number of aliphatic hydroxyl groups excluding tert-OH is 1. The van der Waals surface area contributed by atoms with Gasteiger partial charge in [-0.05, 0) is 48.4 Å². The first-order valence-electron chi connectivity index (χ1n) is 9.81. The normalized spacial score (nSPS) is 10.9. The van der Waals surface area contributed by atoms with Gasteiger partial charge >= 0.3 is 6.03 Å². The van der Waals surface area contributed by atoms with Gasteiger partial charge in [-0.2, -0.15) is 0 Å². The highest BCUT2D eigenvalue weighted by molar-refractivity contribution is 7.22. The van der Waals surface area contributed by atoms with Gasteiger partial charge < -0.3 is 15.0 Å². The number of rotatable bonds is 6. The Bertz CT molecular complexity index is 1280. The molecule has 0 fully saturated rings. The van der Waals surface area contributed by atoms with Crippen LogP contribution in [0.25, 0.3) is 32.6 Å². The highest BCUT2D eigenvalue weighted by Crippen LogP contribution is 2.37. The highest BCUT2D eigenvalue weighted by atomic mass is 32.1. The molecule has 9 heteroatoms. The van der Waals surface area contributed by atoms with Gasteiger partial charge in [0.15, 0.2) is 5.13 Å². The van der Waals surface area contributed by atoms with Crippen LogP contribution >= 0.6 is 11.3 Å². The molecule has 3 N–H and O–H groups in total. The van der Waals surface area contributed by atoms with Crippen molar-refractivity contribution in [1.29, 1.82) is 0 Å². The zero-order chi connectivity index (χ0) is 21.8. The molecule has 0 bridgehead atoms. The number of aromatic nitrogens is 3. The summed E-state index contributed by atoms with van der Waals surface area (Å²) in [7, 11) is 0. The zero-order valence-electron chi connectivity index (χ0n) is 16.8. The number of benzene rings is 1. The predicted octanol–water partition coefficient (Wildman–Crippen LogP) is 3.32. The van der Waals surface area contributed by atoms with Crippen LogP contribution in [0.4, 0.5) is 9.93 Å². The van der Waals surface area contributed by atoms with Gasteiger partial charge in [0.2, 0.25) is 0 Å². The van der Waals surface area contributed by atoms with E-state index in [1.807, 2.05) is 43.3 Å². The van der Waals surface area contributed by atoms with Crippen molar-refractivity contribution in [1.82, 2.24) is 19.9 Å². The molecule has 0 saturated carbocycles. The summed E-state index contributed by atoms with van der Waals surface area (Å²) in [5.41, 5.74) is 3.71. The molecule has 158 valence electrons.